The summed E-state index contributed by atoms with van der Waals surface area (Å²) in [6.45, 7) is 6.15. The van der Waals surface area contributed by atoms with Crippen LogP contribution in [0.25, 0.3) is 0 Å². The fourth-order valence-corrected chi connectivity index (χ4v) is 2.07. The number of amides is 1. The van der Waals surface area contributed by atoms with Crippen LogP contribution in [0.1, 0.15) is 26.7 Å². The van der Waals surface area contributed by atoms with Crippen molar-refractivity contribution in [2.45, 2.75) is 32.7 Å². The molecule has 1 rings (SSSR count). The van der Waals surface area contributed by atoms with E-state index in [4.69, 9.17) is 5.26 Å². The van der Waals surface area contributed by atoms with E-state index in [1.165, 1.54) is 0 Å². The van der Waals surface area contributed by atoms with Crippen LogP contribution >= 0.6 is 12.6 Å². The topological polar surface area (TPSA) is 56.1 Å². The first-order valence-corrected chi connectivity index (χ1v) is 6.65. The van der Waals surface area contributed by atoms with Crippen LogP contribution < -0.4 is 5.32 Å². The van der Waals surface area contributed by atoms with E-state index in [0.717, 1.165) is 25.9 Å². The van der Waals surface area contributed by atoms with Crippen LogP contribution in [0.4, 0.5) is 0 Å². The molecular formula is C12H21N3OS. The number of thiol groups is 1. The normalized spacial score (nSPS) is 17.9. The second-order valence-corrected chi connectivity index (χ2v) is 5.51. The third-order valence-electron chi connectivity index (χ3n) is 3.12. The molecule has 1 aliphatic rings. The van der Waals surface area contributed by atoms with Crippen LogP contribution in [-0.4, -0.2) is 42.2 Å². The highest BCUT2D eigenvalue weighted by Gasteiger charge is 2.24. The van der Waals surface area contributed by atoms with Gasteiger partial charge in [-0.1, -0.05) is 0 Å². The van der Waals surface area contributed by atoms with Gasteiger partial charge in [0.05, 0.1) is 17.2 Å². The Morgan fingerprint density at radius 1 is 1.53 bits per heavy atom. The van der Waals surface area contributed by atoms with E-state index in [1.807, 2.05) is 18.7 Å². The first-order chi connectivity index (χ1) is 7.98. The van der Waals surface area contributed by atoms with Crippen molar-refractivity contribution in [2.75, 3.05) is 25.4 Å². The lowest BCUT2D eigenvalue weighted by Crippen LogP contribution is -2.47. The third kappa shape index (κ3) is 4.57. The highest BCUT2D eigenvalue weighted by Crippen LogP contribution is 2.15. The Kier molecular flexibility index (Phi) is 5.29. The van der Waals surface area contributed by atoms with E-state index in [9.17, 15) is 4.79 Å². The average molecular weight is 255 g/mol. The summed E-state index contributed by atoms with van der Waals surface area (Å²) in [5.41, 5.74) is -0.321. The zero-order chi connectivity index (χ0) is 12.9. The molecule has 1 fully saturated rings. The van der Waals surface area contributed by atoms with Gasteiger partial charge in [0, 0.05) is 25.7 Å². The number of nitriles is 1. The molecule has 0 aromatic heterocycles. The molecule has 0 aliphatic carbocycles. The highest BCUT2D eigenvalue weighted by atomic mass is 32.1. The molecule has 17 heavy (non-hydrogen) atoms. The maximum Gasteiger partial charge on any atom is 0.232 e. The Labute approximate surface area is 109 Å². The Balaban J connectivity index is 2.29. The lowest BCUT2D eigenvalue weighted by Gasteiger charge is -2.33. The lowest BCUT2D eigenvalue weighted by molar-refractivity contribution is -0.129. The molecule has 0 aromatic rings. The summed E-state index contributed by atoms with van der Waals surface area (Å²) in [6, 6.07) is 2.70. The first-order valence-electron chi connectivity index (χ1n) is 6.02. The number of rotatable bonds is 4. The zero-order valence-electron chi connectivity index (χ0n) is 10.6. The van der Waals surface area contributed by atoms with Crippen LogP contribution in [0.15, 0.2) is 0 Å². The van der Waals surface area contributed by atoms with E-state index in [1.54, 1.807) is 0 Å². The van der Waals surface area contributed by atoms with Crippen molar-refractivity contribution in [3.8, 4) is 6.07 Å². The Hall–Kier alpha value is -0.730. The van der Waals surface area contributed by atoms with Crippen LogP contribution in [0.2, 0.25) is 0 Å². The fourth-order valence-electron chi connectivity index (χ4n) is 1.87. The molecule has 1 N–H and O–H groups in total. The number of nitrogens with one attached hydrogen (secondary N) is 1. The number of hydrogen-bond donors (Lipinski definition) is 2. The average Bonchev–Trinajstić information content (AvgIpc) is 2.36. The van der Waals surface area contributed by atoms with Crippen molar-refractivity contribution < 1.29 is 4.79 Å². The van der Waals surface area contributed by atoms with Gasteiger partial charge in [-0.25, -0.2) is 0 Å². The van der Waals surface area contributed by atoms with Gasteiger partial charge in [-0.15, -0.1) is 0 Å². The van der Waals surface area contributed by atoms with E-state index in [-0.39, 0.29) is 11.3 Å². The number of carbonyl (C=O) groups is 1. The first kappa shape index (κ1) is 14.3. The molecule has 0 atom stereocenters. The van der Waals surface area contributed by atoms with Gasteiger partial charge < -0.3 is 10.2 Å². The largest absolute Gasteiger partial charge is 0.342 e. The molecule has 0 bridgehead atoms. The molecule has 4 nitrogen and oxygen atoms in total. The van der Waals surface area contributed by atoms with Gasteiger partial charge in [-0.3, -0.25) is 4.79 Å². The molecule has 5 heteroatoms. The summed E-state index contributed by atoms with van der Waals surface area (Å²) in [7, 11) is 0. The van der Waals surface area contributed by atoms with Gasteiger partial charge in [0.15, 0.2) is 0 Å². The molecule has 0 radical (unpaired) electrons. The van der Waals surface area contributed by atoms with Crippen molar-refractivity contribution >= 4 is 18.5 Å². The van der Waals surface area contributed by atoms with Crippen molar-refractivity contribution in [1.82, 2.24) is 10.2 Å². The predicted octanol–water partition coefficient (Wildman–Crippen LogP) is 1.05. The lowest BCUT2D eigenvalue weighted by atomic mass is 9.94. The molecule has 1 heterocycles. The van der Waals surface area contributed by atoms with Gasteiger partial charge in [-0.05, 0) is 26.7 Å². The van der Waals surface area contributed by atoms with Gasteiger partial charge >= 0.3 is 0 Å². The summed E-state index contributed by atoms with van der Waals surface area (Å²) < 4.78 is 0. The Bertz CT molecular complexity index is 303. The summed E-state index contributed by atoms with van der Waals surface area (Å²) in [5, 5.41) is 12.3. The van der Waals surface area contributed by atoms with E-state index in [0.29, 0.717) is 18.3 Å². The SMILES string of the molecule is CC(C)(C#N)CNC1CCN(C(=O)CS)CC1. The minimum Gasteiger partial charge on any atom is -0.342 e. The maximum absolute atomic E-state index is 11.4. The van der Waals surface area contributed by atoms with Crippen LogP contribution in [0.5, 0.6) is 0 Å². The zero-order valence-corrected chi connectivity index (χ0v) is 11.5. The van der Waals surface area contributed by atoms with Gasteiger partial charge in [-0.2, -0.15) is 17.9 Å². The van der Waals surface area contributed by atoms with Gasteiger partial charge in [0.1, 0.15) is 0 Å². The summed E-state index contributed by atoms with van der Waals surface area (Å²) in [4.78, 5) is 13.3. The van der Waals surface area contributed by atoms with Crippen molar-refractivity contribution in [1.29, 1.82) is 5.26 Å². The molecule has 0 aromatic carbocycles. The molecule has 1 amide bonds. The van der Waals surface area contributed by atoms with Crippen LogP contribution in [0, 0.1) is 16.7 Å². The maximum atomic E-state index is 11.4. The number of hydrogen-bond acceptors (Lipinski definition) is 4. The number of piperidine rings is 1. The quantitative estimate of drug-likeness (QED) is 0.738. The van der Waals surface area contributed by atoms with E-state index < -0.39 is 0 Å². The molecule has 96 valence electrons. The molecule has 1 aliphatic heterocycles. The monoisotopic (exact) mass is 255 g/mol. The summed E-state index contributed by atoms with van der Waals surface area (Å²) >= 11 is 4.00. The summed E-state index contributed by atoms with van der Waals surface area (Å²) in [6.07, 6.45) is 1.92. The second kappa shape index (κ2) is 6.27. The highest BCUT2D eigenvalue weighted by molar-refractivity contribution is 7.81. The molecule has 0 unspecified atom stereocenters. The molecule has 1 saturated heterocycles. The number of carbonyl (C=O) groups excluding carboxylic acids is 1. The minimum atomic E-state index is -0.321. The number of likely N-dealkylation sites (tertiary alicyclic amines) is 1. The van der Waals surface area contributed by atoms with Crippen molar-refractivity contribution in [3.05, 3.63) is 0 Å². The van der Waals surface area contributed by atoms with Gasteiger partial charge in [0.25, 0.3) is 0 Å². The standard InChI is InChI=1S/C12H21N3OS/c1-12(2,8-13)9-14-10-3-5-15(6-4-10)11(16)7-17/h10,14,17H,3-7,9H2,1-2H3. The van der Waals surface area contributed by atoms with Crippen LogP contribution in [-0.2, 0) is 4.79 Å². The molecule has 0 spiro atoms. The second-order valence-electron chi connectivity index (χ2n) is 5.19. The molecular weight excluding hydrogens is 234 g/mol. The van der Waals surface area contributed by atoms with Crippen molar-refractivity contribution in [3.63, 3.8) is 0 Å². The van der Waals surface area contributed by atoms with Crippen molar-refractivity contribution in [2.24, 2.45) is 5.41 Å². The summed E-state index contributed by atoms with van der Waals surface area (Å²) in [5.74, 6) is 0.406. The predicted molar refractivity (Wildman–Crippen MR) is 70.9 cm³/mol. The Morgan fingerprint density at radius 3 is 2.59 bits per heavy atom. The smallest absolute Gasteiger partial charge is 0.232 e. The third-order valence-corrected chi connectivity index (χ3v) is 3.39. The number of nitrogens with zero attached hydrogens (tertiary/aromatic N) is 2. The van der Waals surface area contributed by atoms with Crippen LogP contribution in [0.3, 0.4) is 0 Å². The molecule has 0 saturated carbocycles. The van der Waals surface area contributed by atoms with E-state index >= 15 is 0 Å². The minimum absolute atomic E-state index is 0.115. The Morgan fingerprint density at radius 2 is 2.12 bits per heavy atom. The van der Waals surface area contributed by atoms with E-state index in [2.05, 4.69) is 24.0 Å². The van der Waals surface area contributed by atoms with Gasteiger partial charge in [0.2, 0.25) is 5.91 Å². The fraction of sp³-hybridized carbons (Fsp3) is 0.833.